The molecule has 0 unspecified atom stereocenters. The lowest BCUT2D eigenvalue weighted by atomic mass is 9.86. The van der Waals surface area contributed by atoms with Crippen molar-refractivity contribution in [1.29, 1.82) is 0 Å². The molecule has 6 atom stereocenters. The molecule has 0 aromatic heterocycles. The van der Waals surface area contributed by atoms with E-state index in [2.05, 4.69) is 31.6 Å². The molecule has 0 spiro atoms. The lowest BCUT2D eigenvalue weighted by molar-refractivity contribution is -0.140. The first kappa shape index (κ1) is 51.1. The van der Waals surface area contributed by atoms with Crippen LogP contribution < -0.4 is 55.3 Å². The van der Waals surface area contributed by atoms with Crippen molar-refractivity contribution in [2.24, 2.45) is 51.4 Å². The molecular formula is C40H72N12O8. The molecule has 0 aromatic carbocycles. The first-order valence-corrected chi connectivity index (χ1v) is 21.5. The lowest BCUT2D eigenvalue weighted by Crippen LogP contribution is -2.57. The highest BCUT2D eigenvalue weighted by Gasteiger charge is 2.38. The fourth-order valence-electron chi connectivity index (χ4n) is 7.61. The van der Waals surface area contributed by atoms with Gasteiger partial charge in [0.2, 0.25) is 47.3 Å². The Bertz CT molecular complexity index is 1500. The summed E-state index contributed by atoms with van der Waals surface area (Å²) < 4.78 is 0. The highest BCUT2D eigenvalue weighted by Crippen LogP contribution is 2.27. The maximum Gasteiger partial charge on any atom is 0.243 e. The van der Waals surface area contributed by atoms with Crippen molar-refractivity contribution in [2.45, 2.75) is 160 Å². The average molecular weight is 849 g/mol. The van der Waals surface area contributed by atoms with Gasteiger partial charge in [-0.15, -0.1) is 0 Å². The molecule has 1 aliphatic carbocycles. The van der Waals surface area contributed by atoms with Gasteiger partial charge in [-0.05, 0) is 69.1 Å². The van der Waals surface area contributed by atoms with Crippen molar-refractivity contribution < 1.29 is 38.4 Å². The molecule has 2 fully saturated rings. The summed E-state index contributed by atoms with van der Waals surface area (Å²) in [6.45, 7) is 8.11. The van der Waals surface area contributed by atoms with Gasteiger partial charge in [0.1, 0.15) is 30.2 Å². The Balaban J connectivity index is 2.03. The lowest BCUT2D eigenvalue weighted by Gasteiger charge is -2.29. The van der Waals surface area contributed by atoms with Crippen molar-refractivity contribution in [2.75, 3.05) is 19.6 Å². The van der Waals surface area contributed by atoms with Crippen LogP contribution in [0, 0.1) is 17.8 Å². The third-order valence-corrected chi connectivity index (χ3v) is 10.8. The zero-order valence-corrected chi connectivity index (χ0v) is 36.0. The van der Waals surface area contributed by atoms with Gasteiger partial charge >= 0.3 is 0 Å². The van der Waals surface area contributed by atoms with Gasteiger partial charge < -0.3 is 60.2 Å². The zero-order valence-electron chi connectivity index (χ0n) is 36.0. The fourth-order valence-corrected chi connectivity index (χ4v) is 7.61. The number of likely N-dealkylation sites (tertiary alicyclic amines) is 1. The van der Waals surface area contributed by atoms with E-state index in [0.29, 0.717) is 31.6 Å². The van der Waals surface area contributed by atoms with Gasteiger partial charge in [-0.2, -0.15) is 0 Å². The van der Waals surface area contributed by atoms with Gasteiger partial charge in [0.05, 0.1) is 12.5 Å². The number of amides is 8. The van der Waals surface area contributed by atoms with E-state index in [0.717, 1.165) is 19.3 Å². The third-order valence-electron chi connectivity index (χ3n) is 10.8. The van der Waals surface area contributed by atoms with Crippen molar-refractivity contribution in [3.05, 3.63) is 0 Å². The molecule has 20 nitrogen and oxygen atoms in total. The highest BCUT2D eigenvalue weighted by molar-refractivity contribution is 5.96. The van der Waals surface area contributed by atoms with Crippen LogP contribution in [-0.2, 0) is 38.4 Å². The number of rotatable bonds is 26. The summed E-state index contributed by atoms with van der Waals surface area (Å²) in [7, 11) is 0. The molecule has 20 heteroatoms. The predicted octanol–water partition coefficient (Wildman–Crippen LogP) is -1.38. The minimum Gasteiger partial charge on any atom is -0.370 e. The molecule has 0 bridgehead atoms. The Kier molecular flexibility index (Phi) is 22.4. The Morgan fingerprint density at radius 2 is 1.30 bits per heavy atom. The Labute approximate surface area is 353 Å². The molecule has 0 radical (unpaired) electrons. The van der Waals surface area contributed by atoms with Crippen LogP contribution in [0.15, 0.2) is 4.99 Å². The van der Waals surface area contributed by atoms with Crippen molar-refractivity contribution >= 4 is 53.2 Å². The third kappa shape index (κ3) is 18.9. The first-order valence-electron chi connectivity index (χ1n) is 21.5. The second-order valence-electron chi connectivity index (χ2n) is 17.0. The maximum atomic E-state index is 13.6. The van der Waals surface area contributed by atoms with Gasteiger partial charge in [-0.1, -0.05) is 59.8 Å². The maximum absolute atomic E-state index is 13.6. The summed E-state index contributed by atoms with van der Waals surface area (Å²) in [4.78, 5) is 109. The van der Waals surface area contributed by atoms with Crippen LogP contribution in [0.4, 0.5) is 0 Å². The van der Waals surface area contributed by atoms with Gasteiger partial charge in [0.15, 0.2) is 5.96 Å². The van der Waals surface area contributed by atoms with Crippen LogP contribution in [0.5, 0.6) is 0 Å². The monoisotopic (exact) mass is 849 g/mol. The summed E-state index contributed by atoms with van der Waals surface area (Å²) in [6, 6.07) is -6.40. The molecule has 2 rings (SSSR count). The van der Waals surface area contributed by atoms with E-state index in [1.807, 2.05) is 27.7 Å². The summed E-state index contributed by atoms with van der Waals surface area (Å²) in [6.07, 6.45) is 8.24. The summed E-state index contributed by atoms with van der Waals surface area (Å²) in [5.41, 5.74) is 27.6. The second kappa shape index (κ2) is 26.3. The first-order chi connectivity index (χ1) is 28.3. The van der Waals surface area contributed by atoms with E-state index in [1.165, 1.54) is 24.2 Å². The van der Waals surface area contributed by atoms with E-state index in [4.69, 9.17) is 28.7 Å². The van der Waals surface area contributed by atoms with Crippen LogP contribution in [0.1, 0.15) is 124 Å². The number of nitrogens with two attached hydrogens (primary N) is 5. The number of guanidine groups is 1. The number of aliphatic imine (C=N–C) groups is 1. The summed E-state index contributed by atoms with van der Waals surface area (Å²) in [5.74, 6) is -4.42. The van der Waals surface area contributed by atoms with Gasteiger partial charge in [0, 0.05) is 26.1 Å². The Morgan fingerprint density at radius 3 is 1.88 bits per heavy atom. The van der Waals surface area contributed by atoms with Crippen molar-refractivity contribution in [1.82, 2.24) is 31.5 Å². The predicted molar refractivity (Wildman–Crippen MR) is 226 cm³/mol. The summed E-state index contributed by atoms with van der Waals surface area (Å²) in [5, 5.41) is 13.5. The van der Waals surface area contributed by atoms with Gasteiger partial charge in [0.25, 0.3) is 0 Å². The molecule has 8 amide bonds. The van der Waals surface area contributed by atoms with Crippen molar-refractivity contribution in [3.63, 3.8) is 0 Å². The Hall–Kier alpha value is -5.01. The zero-order chi connectivity index (χ0) is 44.9. The van der Waals surface area contributed by atoms with Crippen LogP contribution >= 0.6 is 0 Å². The molecule has 340 valence electrons. The number of nitrogens with zero attached hydrogens (tertiary/aromatic N) is 2. The van der Waals surface area contributed by atoms with E-state index in [1.54, 1.807) is 0 Å². The molecule has 1 saturated heterocycles. The number of nitrogens with one attached hydrogen (secondary N) is 5. The smallest absolute Gasteiger partial charge is 0.243 e. The van der Waals surface area contributed by atoms with Crippen LogP contribution in [-0.4, -0.2) is 114 Å². The highest BCUT2D eigenvalue weighted by atomic mass is 16.2. The van der Waals surface area contributed by atoms with E-state index in [-0.39, 0.29) is 69.0 Å². The normalized spacial score (nSPS) is 18.1. The molecular weight excluding hydrogens is 777 g/mol. The number of hydrogen-bond donors (Lipinski definition) is 10. The SMILES string of the molecule is CC(C)C[C@H](NC(=O)CCC1CCCCC1)C(=O)N[C@@H](CC(C)C)C(=O)NCC[C@H](N)C(=O)N1CCC[C@H]1C(=O)N[C@@H](CCCN=C(N)N)C(=O)N[C@@H](CC(N)=O)C(N)=O. The molecule has 1 heterocycles. The minimum atomic E-state index is -1.41. The number of carbonyl (C=O) groups is 8. The average Bonchev–Trinajstić information content (AvgIpc) is 3.67. The summed E-state index contributed by atoms with van der Waals surface area (Å²) >= 11 is 0. The molecule has 15 N–H and O–H groups in total. The van der Waals surface area contributed by atoms with Crippen LogP contribution in [0.3, 0.4) is 0 Å². The second-order valence-corrected chi connectivity index (χ2v) is 17.0. The van der Waals surface area contributed by atoms with Crippen LogP contribution in [0.2, 0.25) is 0 Å². The van der Waals surface area contributed by atoms with Gasteiger partial charge in [-0.3, -0.25) is 43.3 Å². The standard InChI is InChI=1S/C40H72N12O8/c1-23(2)20-29(51-37(58)30(21-24(3)4)48-33(54)15-14-25-10-6-5-7-11-25)35(56)46-18-16-26(41)39(60)52-19-9-13-31(52)38(59)49-27(12-8-17-47-40(44)45)36(57)50-28(34(43)55)22-32(42)53/h23-31H,5-22,41H2,1-4H3,(H2,42,53)(H2,43,55)(H,46,56)(H,48,54)(H,49,59)(H,50,57)(H,51,58)(H4,44,45,47)/t26-,27-,28-,29-,30-,31-/m0/s1. The minimum absolute atomic E-state index is 0.00138. The quantitative estimate of drug-likeness (QED) is 0.0275. The van der Waals surface area contributed by atoms with Crippen LogP contribution in [0.25, 0.3) is 0 Å². The molecule has 1 saturated carbocycles. The van der Waals surface area contributed by atoms with E-state index < -0.39 is 84.0 Å². The Morgan fingerprint density at radius 1 is 0.700 bits per heavy atom. The number of primary amides is 2. The van der Waals surface area contributed by atoms with E-state index in [9.17, 15) is 38.4 Å². The molecule has 2 aliphatic rings. The molecule has 1 aliphatic heterocycles. The topological polar surface area (TPSA) is 342 Å². The largest absolute Gasteiger partial charge is 0.370 e. The van der Waals surface area contributed by atoms with E-state index >= 15 is 0 Å². The van der Waals surface area contributed by atoms with Crippen molar-refractivity contribution in [3.8, 4) is 0 Å². The number of carbonyl (C=O) groups excluding carboxylic acids is 8. The molecule has 0 aromatic rings. The fraction of sp³-hybridized carbons (Fsp3) is 0.775. The number of hydrogen-bond acceptors (Lipinski definition) is 10. The molecule has 60 heavy (non-hydrogen) atoms. The van der Waals surface area contributed by atoms with Gasteiger partial charge in [-0.25, -0.2) is 0 Å².